The highest BCUT2D eigenvalue weighted by molar-refractivity contribution is 14.1. The number of carbonyl (C=O) groups is 1. The fourth-order valence-corrected chi connectivity index (χ4v) is 1.94. The van der Waals surface area contributed by atoms with Crippen molar-refractivity contribution in [1.29, 1.82) is 0 Å². The Morgan fingerprint density at radius 3 is 2.76 bits per heavy atom. The maximum atomic E-state index is 11.7. The van der Waals surface area contributed by atoms with Crippen molar-refractivity contribution < 1.29 is 14.3 Å². The molecule has 0 spiro atoms. The predicted octanol–water partition coefficient (Wildman–Crippen LogP) is 3.40. The maximum absolute atomic E-state index is 11.7. The summed E-state index contributed by atoms with van der Waals surface area (Å²) in [7, 11) is 0. The maximum Gasteiger partial charge on any atom is 0.347 e. The van der Waals surface area contributed by atoms with Crippen molar-refractivity contribution >= 4 is 28.6 Å². The molecule has 1 unspecified atom stereocenters. The minimum absolute atomic E-state index is 0.284. The summed E-state index contributed by atoms with van der Waals surface area (Å²) in [6, 6.07) is 7.64. The van der Waals surface area contributed by atoms with Crippen molar-refractivity contribution in [2.75, 3.05) is 6.61 Å². The highest BCUT2D eigenvalue weighted by Crippen LogP contribution is 2.18. The van der Waals surface area contributed by atoms with Crippen molar-refractivity contribution in [3.05, 3.63) is 27.8 Å². The van der Waals surface area contributed by atoms with Gasteiger partial charge in [-0.25, -0.2) is 4.79 Å². The second-order valence-corrected chi connectivity index (χ2v) is 4.85. The number of carbonyl (C=O) groups excluding carboxylic acids is 1. The Hall–Kier alpha value is -0.780. The fourth-order valence-electron chi connectivity index (χ4n) is 1.43. The molecule has 0 heterocycles. The lowest BCUT2D eigenvalue weighted by Crippen LogP contribution is -2.29. The van der Waals surface area contributed by atoms with Crippen LogP contribution >= 0.6 is 22.6 Å². The van der Waals surface area contributed by atoms with Gasteiger partial charge in [-0.1, -0.05) is 19.4 Å². The van der Waals surface area contributed by atoms with E-state index in [4.69, 9.17) is 9.47 Å². The molecule has 0 aliphatic heterocycles. The van der Waals surface area contributed by atoms with E-state index in [-0.39, 0.29) is 5.97 Å². The number of rotatable bonds is 6. The molecule has 0 fully saturated rings. The van der Waals surface area contributed by atoms with Crippen molar-refractivity contribution in [2.24, 2.45) is 0 Å². The van der Waals surface area contributed by atoms with Gasteiger partial charge < -0.3 is 9.47 Å². The third kappa shape index (κ3) is 4.93. The topological polar surface area (TPSA) is 35.5 Å². The monoisotopic (exact) mass is 348 g/mol. The van der Waals surface area contributed by atoms with Gasteiger partial charge >= 0.3 is 5.97 Å². The molecule has 3 nitrogen and oxygen atoms in total. The molecule has 0 N–H and O–H groups in total. The number of esters is 1. The summed E-state index contributed by atoms with van der Waals surface area (Å²) in [6.45, 7) is 4.20. The van der Waals surface area contributed by atoms with Crippen LogP contribution < -0.4 is 4.74 Å². The molecule has 4 heteroatoms. The molecule has 94 valence electrons. The number of hydrogen-bond acceptors (Lipinski definition) is 3. The SMILES string of the molecule is CCCC(Oc1cccc(I)c1)C(=O)OCC. The van der Waals surface area contributed by atoms with Crippen LogP contribution in [0.2, 0.25) is 0 Å². The van der Waals surface area contributed by atoms with Crippen LogP contribution in [0.4, 0.5) is 0 Å². The van der Waals surface area contributed by atoms with Crippen LogP contribution in [0.3, 0.4) is 0 Å². The van der Waals surface area contributed by atoms with E-state index in [0.717, 1.165) is 9.99 Å². The molecule has 0 saturated carbocycles. The van der Waals surface area contributed by atoms with Gasteiger partial charge in [0.05, 0.1) is 6.61 Å². The van der Waals surface area contributed by atoms with Gasteiger partial charge in [-0.2, -0.15) is 0 Å². The summed E-state index contributed by atoms with van der Waals surface area (Å²) < 4.78 is 11.7. The van der Waals surface area contributed by atoms with Gasteiger partial charge in [0.15, 0.2) is 6.10 Å². The largest absolute Gasteiger partial charge is 0.479 e. The molecule has 0 aromatic heterocycles. The molecule has 0 aliphatic rings. The normalized spacial score (nSPS) is 11.9. The Labute approximate surface area is 116 Å². The van der Waals surface area contributed by atoms with Crippen LogP contribution in [-0.2, 0) is 9.53 Å². The Bertz CT molecular complexity index is 365. The van der Waals surface area contributed by atoms with E-state index in [9.17, 15) is 4.79 Å². The lowest BCUT2D eigenvalue weighted by atomic mass is 10.2. The van der Waals surface area contributed by atoms with E-state index in [1.54, 1.807) is 6.92 Å². The lowest BCUT2D eigenvalue weighted by Gasteiger charge is -2.17. The number of ether oxygens (including phenoxy) is 2. The van der Waals surface area contributed by atoms with Crippen LogP contribution in [0.1, 0.15) is 26.7 Å². The average Bonchev–Trinajstić information content (AvgIpc) is 2.29. The molecular weight excluding hydrogens is 331 g/mol. The van der Waals surface area contributed by atoms with Gasteiger partial charge in [-0.15, -0.1) is 0 Å². The first-order valence-electron chi connectivity index (χ1n) is 5.76. The van der Waals surface area contributed by atoms with Gasteiger partial charge in [0, 0.05) is 3.57 Å². The van der Waals surface area contributed by atoms with Gasteiger partial charge in [0.2, 0.25) is 0 Å². The summed E-state index contributed by atoms with van der Waals surface area (Å²) in [5, 5.41) is 0. The van der Waals surface area contributed by atoms with Crippen LogP contribution in [0, 0.1) is 3.57 Å². The van der Waals surface area contributed by atoms with E-state index in [2.05, 4.69) is 22.6 Å². The van der Waals surface area contributed by atoms with E-state index in [1.807, 2.05) is 31.2 Å². The van der Waals surface area contributed by atoms with Crippen molar-refractivity contribution in [3.63, 3.8) is 0 Å². The lowest BCUT2D eigenvalue weighted by molar-refractivity contribution is -0.151. The third-order valence-corrected chi connectivity index (χ3v) is 2.85. The zero-order valence-corrected chi connectivity index (χ0v) is 12.3. The van der Waals surface area contributed by atoms with Crippen LogP contribution in [0.5, 0.6) is 5.75 Å². The number of hydrogen-bond donors (Lipinski definition) is 0. The van der Waals surface area contributed by atoms with Gasteiger partial charge in [0.1, 0.15) is 5.75 Å². The second kappa shape index (κ2) is 7.53. The zero-order valence-electron chi connectivity index (χ0n) is 10.1. The Morgan fingerprint density at radius 1 is 1.41 bits per heavy atom. The van der Waals surface area contributed by atoms with Gasteiger partial charge in [0.25, 0.3) is 0 Å². The first-order valence-corrected chi connectivity index (χ1v) is 6.84. The molecule has 1 atom stereocenters. The van der Waals surface area contributed by atoms with Gasteiger partial charge in [-0.05, 0) is 54.1 Å². The Morgan fingerprint density at radius 2 is 2.18 bits per heavy atom. The van der Waals surface area contributed by atoms with Crippen molar-refractivity contribution in [3.8, 4) is 5.75 Å². The van der Waals surface area contributed by atoms with E-state index >= 15 is 0 Å². The van der Waals surface area contributed by atoms with E-state index in [1.165, 1.54) is 0 Å². The first kappa shape index (κ1) is 14.3. The highest BCUT2D eigenvalue weighted by Gasteiger charge is 2.20. The first-order chi connectivity index (χ1) is 8.17. The molecule has 1 rings (SSSR count). The summed E-state index contributed by atoms with van der Waals surface area (Å²) in [6.07, 6.45) is 1.05. The van der Waals surface area contributed by atoms with Crippen molar-refractivity contribution in [2.45, 2.75) is 32.8 Å². The Kier molecular flexibility index (Phi) is 6.32. The molecule has 0 radical (unpaired) electrons. The third-order valence-electron chi connectivity index (χ3n) is 2.17. The van der Waals surface area contributed by atoms with Crippen molar-refractivity contribution in [1.82, 2.24) is 0 Å². The number of benzene rings is 1. The van der Waals surface area contributed by atoms with Crippen LogP contribution in [0.25, 0.3) is 0 Å². The summed E-state index contributed by atoms with van der Waals surface area (Å²) in [5.41, 5.74) is 0. The average molecular weight is 348 g/mol. The van der Waals surface area contributed by atoms with Gasteiger partial charge in [-0.3, -0.25) is 0 Å². The summed E-state index contributed by atoms with van der Waals surface area (Å²) in [4.78, 5) is 11.7. The minimum Gasteiger partial charge on any atom is -0.479 e. The molecule has 0 aliphatic carbocycles. The van der Waals surface area contributed by atoms with E-state index in [0.29, 0.717) is 18.8 Å². The molecule has 17 heavy (non-hydrogen) atoms. The molecule has 0 amide bonds. The van der Waals surface area contributed by atoms with E-state index < -0.39 is 6.10 Å². The fraction of sp³-hybridized carbons (Fsp3) is 0.462. The second-order valence-electron chi connectivity index (χ2n) is 3.60. The smallest absolute Gasteiger partial charge is 0.347 e. The standard InChI is InChI=1S/C13H17IO3/c1-3-6-12(13(15)16-4-2)17-11-8-5-7-10(14)9-11/h5,7-9,12H,3-4,6H2,1-2H3. The summed E-state index contributed by atoms with van der Waals surface area (Å²) in [5.74, 6) is 0.427. The molecule has 1 aromatic rings. The summed E-state index contributed by atoms with van der Waals surface area (Å²) >= 11 is 2.21. The molecular formula is C13H17IO3. The molecule has 1 aromatic carbocycles. The minimum atomic E-state index is -0.502. The molecule has 0 bridgehead atoms. The Balaban J connectivity index is 2.69. The zero-order chi connectivity index (χ0) is 12.7. The van der Waals surface area contributed by atoms with Crippen LogP contribution in [0.15, 0.2) is 24.3 Å². The number of halogens is 1. The highest BCUT2D eigenvalue weighted by atomic mass is 127. The quantitative estimate of drug-likeness (QED) is 0.584. The predicted molar refractivity (Wildman–Crippen MR) is 75.1 cm³/mol. The molecule has 0 saturated heterocycles. The van der Waals surface area contributed by atoms with Crippen LogP contribution in [-0.4, -0.2) is 18.7 Å².